The average Bonchev–Trinajstić information content (AvgIpc) is 2.28. The van der Waals surface area contributed by atoms with Gasteiger partial charge in [0.15, 0.2) is 0 Å². The molecule has 0 atom stereocenters. The lowest BCUT2D eigenvalue weighted by Crippen LogP contribution is -2.60. The fourth-order valence-corrected chi connectivity index (χ4v) is 2.87. The third kappa shape index (κ3) is 1.69. The Kier molecular flexibility index (Phi) is 2.36. The van der Waals surface area contributed by atoms with Crippen molar-refractivity contribution in [1.82, 2.24) is 5.32 Å². The van der Waals surface area contributed by atoms with Crippen molar-refractivity contribution in [2.45, 2.75) is 12.8 Å². The van der Waals surface area contributed by atoms with Crippen molar-refractivity contribution >= 4 is 5.69 Å². The Labute approximate surface area is 95.4 Å². The molecule has 1 N–H and O–H groups in total. The minimum atomic E-state index is -0.152. The number of hydrogen-bond donors (Lipinski definition) is 1. The molecule has 1 spiro atoms. The highest BCUT2D eigenvalue weighted by molar-refractivity contribution is 5.49. The Balaban J connectivity index is 1.66. The molecule has 0 aromatic heterocycles. The number of halogens is 1. The smallest absolute Gasteiger partial charge is 0.123 e. The highest BCUT2D eigenvalue weighted by atomic mass is 19.1. The molecule has 2 nitrogen and oxygen atoms in total. The molecular weight excluding hydrogens is 203 g/mol. The molecule has 0 aliphatic carbocycles. The van der Waals surface area contributed by atoms with Gasteiger partial charge in [-0.1, -0.05) is 0 Å². The van der Waals surface area contributed by atoms with Gasteiger partial charge in [-0.2, -0.15) is 0 Å². The molecule has 0 radical (unpaired) electrons. The summed E-state index contributed by atoms with van der Waals surface area (Å²) in [6, 6.07) is 6.85. The molecule has 0 amide bonds. The van der Waals surface area contributed by atoms with Gasteiger partial charge in [-0.3, -0.25) is 0 Å². The lowest BCUT2D eigenvalue weighted by Gasteiger charge is -2.53. The van der Waals surface area contributed by atoms with E-state index in [0.717, 1.165) is 31.9 Å². The minimum Gasteiger partial charge on any atom is -0.370 e. The first-order valence-electron chi connectivity index (χ1n) is 5.99. The van der Waals surface area contributed by atoms with Crippen LogP contribution in [0.15, 0.2) is 24.3 Å². The van der Waals surface area contributed by atoms with Gasteiger partial charge in [0.25, 0.3) is 0 Å². The van der Waals surface area contributed by atoms with E-state index in [1.807, 2.05) is 12.1 Å². The second-order valence-electron chi connectivity index (χ2n) is 5.08. The normalized spacial score (nSPS) is 23.2. The Morgan fingerprint density at radius 2 is 1.69 bits per heavy atom. The monoisotopic (exact) mass is 220 g/mol. The molecule has 1 aromatic carbocycles. The van der Waals surface area contributed by atoms with Gasteiger partial charge in [0.2, 0.25) is 0 Å². The summed E-state index contributed by atoms with van der Waals surface area (Å²) >= 11 is 0. The number of nitrogens with zero attached hydrogens (tertiary/aromatic N) is 1. The van der Waals surface area contributed by atoms with Crippen molar-refractivity contribution < 1.29 is 4.39 Å². The summed E-state index contributed by atoms with van der Waals surface area (Å²) in [5.41, 5.74) is 1.70. The highest BCUT2D eigenvalue weighted by Gasteiger charge is 2.43. The molecule has 86 valence electrons. The van der Waals surface area contributed by atoms with Crippen molar-refractivity contribution in [1.29, 1.82) is 0 Å². The maximum atomic E-state index is 12.8. The maximum absolute atomic E-state index is 12.8. The fraction of sp³-hybridized carbons (Fsp3) is 0.538. The molecule has 2 aliphatic heterocycles. The zero-order valence-electron chi connectivity index (χ0n) is 9.38. The first-order chi connectivity index (χ1) is 7.77. The molecule has 0 saturated carbocycles. The number of anilines is 1. The molecule has 3 heteroatoms. The second-order valence-corrected chi connectivity index (χ2v) is 5.08. The van der Waals surface area contributed by atoms with E-state index < -0.39 is 0 Å². The van der Waals surface area contributed by atoms with Crippen molar-refractivity contribution in [2.75, 3.05) is 31.1 Å². The second kappa shape index (κ2) is 3.74. The Bertz CT molecular complexity index is 360. The van der Waals surface area contributed by atoms with Crippen molar-refractivity contribution in [3.8, 4) is 0 Å². The molecular formula is C13H17FN2. The van der Waals surface area contributed by atoms with E-state index >= 15 is 0 Å². The summed E-state index contributed by atoms with van der Waals surface area (Å²) in [5.74, 6) is -0.152. The van der Waals surface area contributed by atoms with Crippen LogP contribution in [0.3, 0.4) is 0 Å². The van der Waals surface area contributed by atoms with Crippen LogP contribution in [0.25, 0.3) is 0 Å². The summed E-state index contributed by atoms with van der Waals surface area (Å²) in [7, 11) is 0. The highest BCUT2D eigenvalue weighted by Crippen LogP contribution is 2.40. The van der Waals surface area contributed by atoms with Gasteiger partial charge in [0.1, 0.15) is 5.82 Å². The third-order valence-corrected chi connectivity index (χ3v) is 3.91. The van der Waals surface area contributed by atoms with Crippen LogP contribution < -0.4 is 10.2 Å². The quantitative estimate of drug-likeness (QED) is 0.779. The first kappa shape index (κ1) is 10.1. The number of benzene rings is 1. The van der Waals surface area contributed by atoms with Crippen molar-refractivity contribution in [2.24, 2.45) is 5.41 Å². The third-order valence-electron chi connectivity index (χ3n) is 3.91. The van der Waals surface area contributed by atoms with Gasteiger partial charge in [-0.05, 0) is 50.2 Å². The predicted molar refractivity (Wildman–Crippen MR) is 63.1 cm³/mol. The number of nitrogens with one attached hydrogen (secondary N) is 1. The van der Waals surface area contributed by atoms with E-state index in [-0.39, 0.29) is 5.82 Å². The largest absolute Gasteiger partial charge is 0.370 e. The summed E-state index contributed by atoms with van der Waals surface area (Å²) < 4.78 is 12.8. The van der Waals surface area contributed by atoms with E-state index in [4.69, 9.17) is 0 Å². The molecule has 2 aliphatic rings. The summed E-state index contributed by atoms with van der Waals surface area (Å²) in [5, 5.41) is 3.40. The fourth-order valence-electron chi connectivity index (χ4n) is 2.87. The van der Waals surface area contributed by atoms with Crippen LogP contribution >= 0.6 is 0 Å². The van der Waals surface area contributed by atoms with Gasteiger partial charge >= 0.3 is 0 Å². The van der Waals surface area contributed by atoms with Crippen LogP contribution in [0.1, 0.15) is 12.8 Å². The number of rotatable bonds is 1. The maximum Gasteiger partial charge on any atom is 0.123 e. The Morgan fingerprint density at radius 1 is 1.06 bits per heavy atom. The van der Waals surface area contributed by atoms with E-state index in [1.54, 1.807) is 12.1 Å². The molecule has 1 aromatic rings. The average molecular weight is 220 g/mol. The van der Waals surface area contributed by atoms with Crippen molar-refractivity contribution in [3.05, 3.63) is 30.1 Å². The molecule has 2 heterocycles. The van der Waals surface area contributed by atoms with E-state index in [2.05, 4.69) is 10.2 Å². The van der Waals surface area contributed by atoms with Gasteiger partial charge in [-0.25, -0.2) is 4.39 Å². The van der Waals surface area contributed by atoms with Gasteiger partial charge in [-0.15, -0.1) is 0 Å². The molecule has 0 bridgehead atoms. The molecule has 2 fully saturated rings. The first-order valence-corrected chi connectivity index (χ1v) is 5.99. The summed E-state index contributed by atoms with van der Waals surface area (Å²) in [6.45, 7) is 4.58. The van der Waals surface area contributed by atoms with Gasteiger partial charge in [0.05, 0.1) is 0 Å². The SMILES string of the molecule is Fc1ccc(N2CC3(CCNCC3)C2)cc1. The lowest BCUT2D eigenvalue weighted by atomic mass is 9.72. The van der Waals surface area contributed by atoms with Crippen LogP contribution in [0.5, 0.6) is 0 Å². The topological polar surface area (TPSA) is 15.3 Å². The zero-order chi connectivity index (χ0) is 11.0. The van der Waals surface area contributed by atoms with Crippen molar-refractivity contribution in [3.63, 3.8) is 0 Å². The minimum absolute atomic E-state index is 0.152. The Morgan fingerprint density at radius 3 is 2.31 bits per heavy atom. The van der Waals surface area contributed by atoms with Gasteiger partial charge in [0, 0.05) is 24.2 Å². The van der Waals surface area contributed by atoms with Crippen LogP contribution in [0.2, 0.25) is 0 Å². The number of hydrogen-bond acceptors (Lipinski definition) is 2. The Hall–Kier alpha value is -1.09. The summed E-state index contributed by atoms with van der Waals surface area (Å²) in [4.78, 5) is 2.35. The zero-order valence-corrected chi connectivity index (χ0v) is 9.38. The summed E-state index contributed by atoms with van der Waals surface area (Å²) in [6.07, 6.45) is 2.56. The van der Waals surface area contributed by atoms with E-state index in [1.165, 1.54) is 12.8 Å². The molecule has 16 heavy (non-hydrogen) atoms. The van der Waals surface area contributed by atoms with Crippen LogP contribution in [0.4, 0.5) is 10.1 Å². The standard InChI is InChI=1S/C13H17FN2/c14-11-1-3-12(4-2-11)16-9-13(10-16)5-7-15-8-6-13/h1-4,15H,5-10H2. The molecule has 0 unspecified atom stereocenters. The van der Waals surface area contributed by atoms with Crippen LogP contribution in [0, 0.1) is 11.2 Å². The lowest BCUT2D eigenvalue weighted by molar-refractivity contribution is 0.150. The molecule has 2 saturated heterocycles. The molecule has 3 rings (SSSR count). The predicted octanol–water partition coefficient (Wildman–Crippen LogP) is 2.02. The van der Waals surface area contributed by atoms with Gasteiger partial charge < -0.3 is 10.2 Å². The van der Waals surface area contributed by atoms with E-state index in [0.29, 0.717) is 5.41 Å². The van der Waals surface area contributed by atoms with Crippen LogP contribution in [-0.2, 0) is 0 Å². The van der Waals surface area contributed by atoms with Crippen LogP contribution in [-0.4, -0.2) is 26.2 Å². The number of piperidine rings is 1. The van der Waals surface area contributed by atoms with E-state index in [9.17, 15) is 4.39 Å².